The molecular formula is C26H52F2N6O4S2+2. The topological polar surface area (TPSA) is 110 Å². The third kappa shape index (κ3) is 9.25. The fourth-order valence-corrected chi connectivity index (χ4v) is 7.46. The van der Waals surface area contributed by atoms with E-state index >= 15 is 8.96 Å². The lowest BCUT2D eigenvalue weighted by Gasteiger charge is -2.25. The molecule has 1 aromatic rings. The molecule has 0 amide bonds. The Labute approximate surface area is 241 Å². The second-order valence-corrected chi connectivity index (χ2v) is 14.6. The van der Waals surface area contributed by atoms with Gasteiger partial charge in [0.15, 0.2) is 0 Å². The van der Waals surface area contributed by atoms with E-state index in [1.165, 1.54) is 18.7 Å². The predicted octanol–water partition coefficient (Wildman–Crippen LogP) is 6.13. The van der Waals surface area contributed by atoms with E-state index in [1.807, 2.05) is 0 Å². The molecule has 10 nitrogen and oxygen atoms in total. The van der Waals surface area contributed by atoms with Crippen LogP contribution in [0.4, 0.5) is 26.8 Å². The van der Waals surface area contributed by atoms with Crippen LogP contribution in [0.5, 0.6) is 0 Å². The van der Waals surface area contributed by atoms with Crippen LogP contribution < -0.4 is 13.1 Å². The number of hydrogen-bond donors (Lipinski definition) is 0. The molecule has 0 aliphatic rings. The first kappa shape index (κ1) is 36.5. The van der Waals surface area contributed by atoms with E-state index < -0.39 is 64.8 Å². The van der Waals surface area contributed by atoms with Gasteiger partial charge in [-0.3, -0.25) is 0 Å². The molecule has 1 rings (SSSR count). The molecular weight excluding hydrogens is 562 g/mol. The second-order valence-electron chi connectivity index (χ2n) is 10.3. The zero-order valence-electron chi connectivity index (χ0n) is 25.4. The first-order valence-corrected chi connectivity index (χ1v) is 18.1. The molecule has 2 atom stereocenters. The Kier molecular flexibility index (Phi) is 15.3. The van der Waals surface area contributed by atoms with Gasteiger partial charge in [-0.2, -0.15) is 16.8 Å². The van der Waals surface area contributed by atoms with E-state index in [2.05, 4.69) is 28.8 Å². The van der Waals surface area contributed by atoms with Gasteiger partial charge in [0.2, 0.25) is 5.95 Å². The van der Waals surface area contributed by atoms with Crippen molar-refractivity contribution in [3.63, 3.8) is 0 Å². The van der Waals surface area contributed by atoms with Gasteiger partial charge in [0, 0.05) is 30.8 Å². The summed E-state index contributed by atoms with van der Waals surface area (Å²) >= 11 is 0. The van der Waals surface area contributed by atoms with Crippen LogP contribution in [-0.2, 0) is 20.0 Å². The van der Waals surface area contributed by atoms with E-state index in [9.17, 15) is 16.8 Å². The number of rotatable bonds is 22. The SMILES string of the molecule is CCCCCCCCS(=O)(=O)[N+](F)(CC)c1nc(N(C)CC)nc([N+](F)(CC)S(=O)(=O)CCCCCCCC)n1. The van der Waals surface area contributed by atoms with Gasteiger partial charge in [0.25, 0.3) is 0 Å². The maximum absolute atomic E-state index is 16.4. The molecule has 14 heteroatoms. The second kappa shape index (κ2) is 16.8. The highest BCUT2D eigenvalue weighted by molar-refractivity contribution is 7.91. The van der Waals surface area contributed by atoms with Crippen molar-refractivity contribution >= 4 is 37.9 Å². The molecule has 1 aromatic heterocycles. The van der Waals surface area contributed by atoms with Crippen molar-refractivity contribution in [1.29, 1.82) is 0 Å². The van der Waals surface area contributed by atoms with Gasteiger partial charge < -0.3 is 4.90 Å². The molecule has 0 bridgehead atoms. The largest absolute Gasteiger partial charge is 0.394 e. The van der Waals surface area contributed by atoms with E-state index in [-0.39, 0.29) is 18.8 Å². The third-order valence-electron chi connectivity index (χ3n) is 7.22. The Bertz CT molecular complexity index is 1030. The van der Waals surface area contributed by atoms with Gasteiger partial charge in [0.05, 0.1) is 0 Å². The van der Waals surface area contributed by atoms with Gasteiger partial charge in [0.1, 0.15) is 24.6 Å². The number of anilines is 1. The molecule has 0 N–H and O–H groups in total. The summed E-state index contributed by atoms with van der Waals surface area (Å²) < 4.78 is 81.6. The minimum Gasteiger partial charge on any atom is -0.344 e. The summed E-state index contributed by atoms with van der Waals surface area (Å²) in [6, 6.07) is 0. The van der Waals surface area contributed by atoms with Crippen molar-refractivity contribution in [2.24, 2.45) is 0 Å². The Morgan fingerprint density at radius 2 is 0.950 bits per heavy atom. The highest BCUT2D eigenvalue weighted by Crippen LogP contribution is 2.33. The average molecular weight is 615 g/mol. The number of quaternary nitrogens is 2. The maximum Gasteiger partial charge on any atom is 0.394 e. The number of unbranched alkanes of at least 4 members (excludes halogenated alkanes) is 10. The molecule has 40 heavy (non-hydrogen) atoms. The Morgan fingerprint density at radius 1 is 0.600 bits per heavy atom. The molecule has 1 heterocycles. The van der Waals surface area contributed by atoms with Crippen molar-refractivity contribution in [3.05, 3.63) is 0 Å². The molecule has 0 fully saturated rings. The lowest BCUT2D eigenvalue weighted by molar-refractivity contribution is 0.127. The minimum absolute atomic E-state index is 0.200. The number of hydrogen-bond acceptors (Lipinski definition) is 8. The van der Waals surface area contributed by atoms with E-state index in [0.29, 0.717) is 19.4 Å². The summed E-state index contributed by atoms with van der Waals surface area (Å²) in [6.07, 6.45) is 9.64. The molecule has 0 spiro atoms. The van der Waals surface area contributed by atoms with Crippen LogP contribution in [0.15, 0.2) is 0 Å². The highest BCUT2D eigenvalue weighted by Gasteiger charge is 2.53. The molecule has 234 valence electrons. The number of nitrogens with zero attached hydrogens (tertiary/aromatic N) is 6. The van der Waals surface area contributed by atoms with Gasteiger partial charge >= 0.3 is 31.9 Å². The standard InChI is InChI=1S/C26H52F2N6O4S2/c1-7-12-14-16-18-20-22-39(35,36)33(27,10-4)25-29-24(32(6)9-3)30-26(31-25)34(28,11-5)40(37,38)23-21-19-17-15-13-8-2/h7-23H2,1-6H3/q+2. The summed E-state index contributed by atoms with van der Waals surface area (Å²) in [7, 11) is -7.39. The van der Waals surface area contributed by atoms with Crippen LogP contribution in [0.25, 0.3) is 0 Å². The van der Waals surface area contributed by atoms with Gasteiger partial charge in [-0.1, -0.05) is 83.0 Å². The van der Waals surface area contributed by atoms with Crippen molar-refractivity contribution < 1.29 is 25.8 Å². The van der Waals surface area contributed by atoms with Crippen molar-refractivity contribution in [2.45, 2.75) is 112 Å². The van der Waals surface area contributed by atoms with E-state index in [4.69, 9.17) is 0 Å². The molecule has 2 unspecified atom stereocenters. The lowest BCUT2D eigenvalue weighted by atomic mass is 10.1. The smallest absolute Gasteiger partial charge is 0.344 e. The fourth-order valence-electron chi connectivity index (χ4n) is 4.30. The first-order chi connectivity index (χ1) is 18.8. The monoisotopic (exact) mass is 614 g/mol. The fraction of sp³-hybridized carbons (Fsp3) is 0.885. The molecule has 0 aliphatic heterocycles. The maximum atomic E-state index is 16.4. The van der Waals surface area contributed by atoms with Crippen LogP contribution in [0, 0.1) is 0 Å². The van der Waals surface area contributed by atoms with Crippen LogP contribution in [0.3, 0.4) is 0 Å². The lowest BCUT2D eigenvalue weighted by Crippen LogP contribution is -2.51. The summed E-state index contributed by atoms with van der Waals surface area (Å²) in [5.41, 5.74) is 0. The Morgan fingerprint density at radius 3 is 1.27 bits per heavy atom. The van der Waals surface area contributed by atoms with Crippen molar-refractivity contribution in [3.8, 4) is 0 Å². The van der Waals surface area contributed by atoms with Crippen LogP contribution in [-0.4, -0.2) is 70.0 Å². The molecule has 0 saturated heterocycles. The van der Waals surface area contributed by atoms with Crippen molar-refractivity contribution in [1.82, 2.24) is 23.2 Å². The van der Waals surface area contributed by atoms with E-state index in [0.717, 1.165) is 51.4 Å². The first-order valence-electron chi connectivity index (χ1n) is 14.9. The van der Waals surface area contributed by atoms with E-state index in [1.54, 1.807) is 14.0 Å². The number of halogens is 2. The average Bonchev–Trinajstić information content (AvgIpc) is 2.94. The summed E-state index contributed by atoms with van der Waals surface area (Å²) in [5.74, 6) is -2.75. The van der Waals surface area contributed by atoms with Gasteiger partial charge in [-0.05, 0) is 33.6 Å². The van der Waals surface area contributed by atoms with Crippen molar-refractivity contribution in [2.75, 3.05) is 43.1 Å². The highest BCUT2D eigenvalue weighted by atomic mass is 32.2. The third-order valence-corrected chi connectivity index (χ3v) is 11.4. The number of sulfonamides is 2. The van der Waals surface area contributed by atoms with Gasteiger partial charge in [-0.25, -0.2) is 0 Å². The number of aromatic nitrogens is 3. The molecule has 0 aliphatic carbocycles. The normalized spacial score (nSPS) is 15.5. The molecule has 0 saturated carbocycles. The Balaban J connectivity index is 3.45. The summed E-state index contributed by atoms with van der Waals surface area (Å²) in [6.45, 7) is 7.77. The minimum atomic E-state index is -4.48. The van der Waals surface area contributed by atoms with Crippen LogP contribution in [0.1, 0.15) is 112 Å². The zero-order chi connectivity index (χ0) is 30.5. The molecule has 0 radical (unpaired) electrons. The van der Waals surface area contributed by atoms with Crippen LogP contribution >= 0.6 is 0 Å². The summed E-state index contributed by atoms with van der Waals surface area (Å²) in [5, 5.41) is 0. The Hall–Kier alpha value is -1.51. The quantitative estimate of drug-likeness (QED) is 0.113. The van der Waals surface area contributed by atoms with Gasteiger partial charge in [-0.15, -0.1) is 9.97 Å². The summed E-state index contributed by atoms with van der Waals surface area (Å²) in [4.78, 5) is 13.5. The predicted molar refractivity (Wildman–Crippen MR) is 160 cm³/mol. The van der Waals surface area contributed by atoms with Crippen LogP contribution in [0.2, 0.25) is 0 Å². The zero-order valence-corrected chi connectivity index (χ0v) is 27.0. The molecule has 0 aromatic carbocycles.